The lowest BCUT2D eigenvalue weighted by Gasteiger charge is -2.21. The van der Waals surface area contributed by atoms with Crippen LogP contribution in [0.5, 0.6) is 0 Å². The summed E-state index contributed by atoms with van der Waals surface area (Å²) >= 11 is 12.1. The summed E-state index contributed by atoms with van der Waals surface area (Å²) in [4.78, 5) is 9.15. The van der Waals surface area contributed by atoms with Crippen molar-refractivity contribution in [2.24, 2.45) is 4.99 Å². The van der Waals surface area contributed by atoms with E-state index in [4.69, 9.17) is 23.2 Å². The monoisotopic (exact) mass is 499 g/mol. The van der Waals surface area contributed by atoms with Crippen molar-refractivity contribution in [3.8, 4) is 0 Å². The highest BCUT2D eigenvalue weighted by atomic mass is 127. The van der Waals surface area contributed by atoms with Gasteiger partial charge in [-0.3, -0.25) is 4.99 Å². The van der Waals surface area contributed by atoms with Gasteiger partial charge in [-0.25, -0.2) is 0 Å². The summed E-state index contributed by atoms with van der Waals surface area (Å²) < 4.78 is 0. The van der Waals surface area contributed by atoms with Crippen LogP contribution in [0.4, 0.5) is 0 Å². The van der Waals surface area contributed by atoms with Crippen molar-refractivity contribution in [3.63, 3.8) is 0 Å². The van der Waals surface area contributed by atoms with Gasteiger partial charge in [-0.2, -0.15) is 0 Å². The third kappa shape index (κ3) is 8.30. The molecular weight excluding hydrogens is 472 g/mol. The zero-order chi connectivity index (χ0) is 17.4. The van der Waals surface area contributed by atoms with Gasteiger partial charge >= 0.3 is 0 Å². The molecular formula is C17H28Cl2IN5. The molecule has 0 amide bonds. The van der Waals surface area contributed by atoms with Crippen molar-refractivity contribution in [1.82, 2.24) is 20.4 Å². The Morgan fingerprint density at radius 1 is 1.16 bits per heavy atom. The standard InChI is InChI=1S/C17H27Cl2N5.HI/c1-20-17(22-13-14-4-5-15(18)12-16(14)19)21-6-9-24-8-3-7-23(2)10-11-24;/h4-5,12H,3,6-11,13H2,1-2H3,(H2,20,21,22);1H. The number of hydrogen-bond acceptors (Lipinski definition) is 3. The van der Waals surface area contributed by atoms with Gasteiger partial charge in [-0.05, 0) is 44.3 Å². The zero-order valence-corrected chi connectivity index (χ0v) is 18.7. The summed E-state index contributed by atoms with van der Waals surface area (Å²) in [5, 5.41) is 7.97. The molecule has 1 aromatic carbocycles. The Balaban J connectivity index is 0.00000312. The van der Waals surface area contributed by atoms with Gasteiger partial charge in [0, 0.05) is 49.8 Å². The SMILES string of the molecule is CN=C(NCCN1CCCN(C)CC1)NCc1ccc(Cl)cc1Cl.I. The maximum atomic E-state index is 6.19. The third-order valence-corrected chi connectivity index (χ3v) is 4.80. The average molecular weight is 500 g/mol. The van der Waals surface area contributed by atoms with Gasteiger partial charge in [-0.1, -0.05) is 29.3 Å². The average Bonchev–Trinajstić information content (AvgIpc) is 2.76. The van der Waals surface area contributed by atoms with Crippen LogP contribution in [0.2, 0.25) is 10.0 Å². The van der Waals surface area contributed by atoms with E-state index in [0.29, 0.717) is 16.6 Å². The Morgan fingerprint density at radius 2 is 1.96 bits per heavy atom. The minimum absolute atomic E-state index is 0. The molecule has 0 saturated carbocycles. The van der Waals surface area contributed by atoms with Crippen LogP contribution in [0.1, 0.15) is 12.0 Å². The topological polar surface area (TPSA) is 42.9 Å². The van der Waals surface area contributed by atoms with Crippen molar-refractivity contribution in [3.05, 3.63) is 33.8 Å². The van der Waals surface area contributed by atoms with Gasteiger partial charge in [-0.15, -0.1) is 24.0 Å². The van der Waals surface area contributed by atoms with Gasteiger partial charge in [0.1, 0.15) is 0 Å². The molecule has 25 heavy (non-hydrogen) atoms. The van der Waals surface area contributed by atoms with E-state index >= 15 is 0 Å². The molecule has 1 aliphatic heterocycles. The van der Waals surface area contributed by atoms with E-state index in [2.05, 4.69) is 32.5 Å². The third-order valence-electron chi connectivity index (χ3n) is 4.22. The summed E-state index contributed by atoms with van der Waals surface area (Å²) in [5.74, 6) is 0.785. The Morgan fingerprint density at radius 3 is 2.68 bits per heavy atom. The lowest BCUT2D eigenvalue weighted by molar-refractivity contribution is 0.280. The number of rotatable bonds is 5. The van der Waals surface area contributed by atoms with E-state index in [9.17, 15) is 0 Å². The fraction of sp³-hybridized carbons (Fsp3) is 0.588. The van der Waals surface area contributed by atoms with Crippen LogP contribution in [0.25, 0.3) is 0 Å². The first-order chi connectivity index (χ1) is 11.6. The van der Waals surface area contributed by atoms with Crippen LogP contribution in [0.3, 0.4) is 0 Å². The number of nitrogens with one attached hydrogen (secondary N) is 2. The molecule has 1 aromatic rings. The summed E-state index contributed by atoms with van der Waals surface area (Å²) in [6.45, 7) is 7.14. The summed E-state index contributed by atoms with van der Waals surface area (Å²) in [6, 6.07) is 5.53. The maximum Gasteiger partial charge on any atom is 0.191 e. The van der Waals surface area contributed by atoms with E-state index in [0.717, 1.165) is 37.7 Å². The highest BCUT2D eigenvalue weighted by Crippen LogP contribution is 2.20. The summed E-state index contributed by atoms with van der Waals surface area (Å²) in [7, 11) is 3.97. The van der Waals surface area contributed by atoms with Crippen LogP contribution >= 0.6 is 47.2 Å². The van der Waals surface area contributed by atoms with Gasteiger partial charge in [0.2, 0.25) is 0 Å². The molecule has 0 bridgehead atoms. The number of guanidine groups is 1. The first-order valence-electron chi connectivity index (χ1n) is 8.38. The van der Waals surface area contributed by atoms with E-state index in [1.807, 2.05) is 12.1 Å². The van der Waals surface area contributed by atoms with Crippen LogP contribution in [0.15, 0.2) is 23.2 Å². The second-order valence-corrected chi connectivity index (χ2v) is 6.93. The second-order valence-electron chi connectivity index (χ2n) is 6.09. The molecule has 2 N–H and O–H groups in total. The smallest absolute Gasteiger partial charge is 0.191 e. The molecule has 1 saturated heterocycles. The maximum absolute atomic E-state index is 6.19. The number of nitrogens with zero attached hydrogens (tertiary/aromatic N) is 3. The highest BCUT2D eigenvalue weighted by molar-refractivity contribution is 14.0. The molecule has 0 aliphatic carbocycles. The molecule has 0 radical (unpaired) electrons. The van der Waals surface area contributed by atoms with Crippen molar-refractivity contribution in [2.45, 2.75) is 13.0 Å². The summed E-state index contributed by atoms with van der Waals surface area (Å²) in [6.07, 6.45) is 1.23. The molecule has 1 fully saturated rings. The van der Waals surface area contributed by atoms with Crippen LogP contribution in [0, 0.1) is 0 Å². The predicted octanol–water partition coefficient (Wildman–Crippen LogP) is 2.91. The zero-order valence-electron chi connectivity index (χ0n) is 14.9. The van der Waals surface area contributed by atoms with Gasteiger partial charge in [0.15, 0.2) is 5.96 Å². The number of halogens is 3. The quantitative estimate of drug-likeness (QED) is 0.371. The highest BCUT2D eigenvalue weighted by Gasteiger charge is 2.11. The molecule has 5 nitrogen and oxygen atoms in total. The Hall–Kier alpha value is -0.280. The lowest BCUT2D eigenvalue weighted by Crippen LogP contribution is -2.42. The minimum atomic E-state index is 0. The molecule has 0 atom stereocenters. The van der Waals surface area contributed by atoms with Crippen LogP contribution in [-0.4, -0.2) is 69.1 Å². The van der Waals surface area contributed by atoms with Gasteiger partial charge in [0.25, 0.3) is 0 Å². The number of likely N-dealkylation sites (N-methyl/N-ethyl adjacent to an activating group) is 1. The van der Waals surface area contributed by atoms with Crippen LogP contribution in [-0.2, 0) is 6.54 Å². The second kappa shape index (κ2) is 12.2. The number of hydrogen-bond donors (Lipinski definition) is 2. The fourth-order valence-electron chi connectivity index (χ4n) is 2.72. The van der Waals surface area contributed by atoms with E-state index < -0.39 is 0 Å². The molecule has 142 valence electrons. The van der Waals surface area contributed by atoms with Crippen LogP contribution < -0.4 is 10.6 Å². The Kier molecular flexibility index (Phi) is 11.1. The largest absolute Gasteiger partial charge is 0.355 e. The van der Waals surface area contributed by atoms with Gasteiger partial charge < -0.3 is 20.4 Å². The Labute approximate surface area is 178 Å². The first kappa shape index (κ1) is 22.8. The molecule has 1 heterocycles. The number of benzene rings is 1. The van der Waals surface area contributed by atoms with Crippen molar-refractivity contribution >= 4 is 53.1 Å². The number of aliphatic imine (C=N–C) groups is 1. The van der Waals surface area contributed by atoms with E-state index in [1.54, 1.807) is 13.1 Å². The van der Waals surface area contributed by atoms with Crippen molar-refractivity contribution < 1.29 is 0 Å². The normalized spacial score (nSPS) is 16.9. The van der Waals surface area contributed by atoms with Crippen molar-refractivity contribution in [2.75, 3.05) is 53.4 Å². The van der Waals surface area contributed by atoms with E-state index in [1.165, 1.54) is 19.5 Å². The Bertz CT molecular complexity index is 556. The molecule has 2 rings (SSSR count). The first-order valence-corrected chi connectivity index (χ1v) is 9.13. The molecule has 8 heteroatoms. The summed E-state index contributed by atoms with van der Waals surface area (Å²) in [5.41, 5.74) is 1.000. The fourth-order valence-corrected chi connectivity index (χ4v) is 3.20. The molecule has 0 aromatic heterocycles. The lowest BCUT2D eigenvalue weighted by atomic mass is 10.2. The molecule has 1 aliphatic rings. The molecule has 0 unspecified atom stereocenters. The molecule has 0 spiro atoms. The van der Waals surface area contributed by atoms with E-state index in [-0.39, 0.29) is 24.0 Å². The van der Waals surface area contributed by atoms with Gasteiger partial charge in [0.05, 0.1) is 0 Å². The van der Waals surface area contributed by atoms with Crippen molar-refractivity contribution in [1.29, 1.82) is 0 Å². The minimum Gasteiger partial charge on any atom is -0.355 e. The predicted molar refractivity (Wildman–Crippen MR) is 119 cm³/mol.